The first-order valence-corrected chi connectivity index (χ1v) is 16.1. The predicted molar refractivity (Wildman–Crippen MR) is 157 cm³/mol. The maximum absolute atomic E-state index is 8.49. The normalized spacial score (nSPS) is 10.0. The monoisotopic (exact) mass is 808 g/mol. The Hall–Kier alpha value is -4.48. The summed E-state index contributed by atoms with van der Waals surface area (Å²) >= 11 is 0. The molecule has 0 amide bonds. The van der Waals surface area contributed by atoms with E-state index in [0.29, 0.717) is 0 Å². The number of nitrogens with zero attached hydrogens (tertiary/aromatic N) is 6. The number of aromatic nitrogens is 6. The largest absolute Gasteiger partial charge is 2.00 e. The minimum atomic E-state index is -4.94. The number of hydrogen-bond donors (Lipinski definition) is 0. The summed E-state index contributed by atoms with van der Waals surface area (Å²) < 4.78 is 67.9. The molecule has 0 saturated heterocycles. The summed E-state index contributed by atoms with van der Waals surface area (Å²) in [6.45, 7) is 5.73. The van der Waals surface area contributed by atoms with Gasteiger partial charge < -0.3 is 0 Å². The quantitative estimate of drug-likeness (QED) is 0.172. The minimum absolute atomic E-state index is 0. The van der Waals surface area contributed by atoms with Crippen LogP contribution >= 0.6 is 0 Å². The van der Waals surface area contributed by atoms with Gasteiger partial charge in [-0.25, -0.2) is 37.3 Å². The van der Waals surface area contributed by atoms with Crippen molar-refractivity contribution >= 4 is 6.08 Å². The molecule has 0 bridgehead atoms. The summed E-state index contributed by atoms with van der Waals surface area (Å²) in [5, 5.41) is 0. The molecule has 0 atom stereocenters. The third kappa shape index (κ3) is 20.8. The van der Waals surface area contributed by atoms with Crippen LogP contribution in [0, 0.1) is 27.4 Å². The van der Waals surface area contributed by atoms with E-state index in [-0.39, 0.29) is 19.5 Å². The molecule has 0 radical (unpaired) electrons. The van der Waals surface area contributed by atoms with Gasteiger partial charge in [0.15, 0.2) is 0 Å². The molecule has 0 aliphatic carbocycles. The van der Waals surface area contributed by atoms with Gasteiger partial charge in [0, 0.05) is 36.7 Å². The van der Waals surface area contributed by atoms with Gasteiger partial charge in [-0.1, -0.05) is 43.0 Å². The summed E-state index contributed by atoms with van der Waals surface area (Å²) in [5.41, 5.74) is 7.50. The number of pyridine rings is 6. The van der Waals surface area contributed by atoms with Crippen LogP contribution in [0.3, 0.4) is 0 Å². The molecule has 6 aromatic rings. The maximum Gasteiger partial charge on any atom is 2.00 e. The summed E-state index contributed by atoms with van der Waals surface area (Å²) in [4.78, 5) is 25.5. The van der Waals surface area contributed by atoms with Crippen LogP contribution in [-0.4, -0.2) is 29.9 Å². The molecule has 0 aliphatic rings. The Morgan fingerprint density at radius 2 is 0.720 bits per heavy atom. The van der Waals surface area contributed by atoms with Gasteiger partial charge in [-0.15, -0.1) is 20.5 Å². The molecule has 0 N–H and O–H groups in total. The van der Waals surface area contributed by atoms with E-state index >= 15 is 0 Å². The van der Waals surface area contributed by atoms with Crippen LogP contribution in [0.4, 0.5) is 0 Å². The van der Waals surface area contributed by atoms with Crippen molar-refractivity contribution in [1.82, 2.24) is 29.9 Å². The molecular weight excluding hydrogens is 780 g/mol. The number of hydrogen-bond acceptors (Lipinski definition) is 14. The predicted octanol–water partition coefficient (Wildman–Crippen LogP) is -2.13. The first-order valence-electron chi connectivity index (χ1n) is 13.6. The number of halogens is 2. The van der Waals surface area contributed by atoms with Crippen LogP contribution in [-0.2, 0) is 19.5 Å². The zero-order valence-electron chi connectivity index (χ0n) is 26.0. The van der Waals surface area contributed by atoms with E-state index in [4.69, 9.17) is 37.3 Å². The second-order valence-electron chi connectivity index (χ2n) is 8.96. The Labute approximate surface area is 305 Å². The number of aryl methyl sites for hydroxylation is 1. The van der Waals surface area contributed by atoms with Gasteiger partial charge >= 0.3 is 19.5 Å². The molecule has 14 nitrogen and oxygen atoms in total. The van der Waals surface area contributed by atoms with Gasteiger partial charge in [0.25, 0.3) is 0 Å². The molecule has 0 unspecified atom stereocenters. The van der Waals surface area contributed by atoms with Crippen LogP contribution in [0.5, 0.6) is 0 Å². The second kappa shape index (κ2) is 23.0. The van der Waals surface area contributed by atoms with E-state index in [1.54, 1.807) is 31.0 Å². The molecule has 0 spiro atoms. The van der Waals surface area contributed by atoms with Crippen molar-refractivity contribution in [3.63, 3.8) is 0 Å². The van der Waals surface area contributed by atoms with Crippen molar-refractivity contribution in [1.29, 1.82) is 0 Å². The van der Waals surface area contributed by atoms with Crippen LogP contribution in [0.25, 0.3) is 40.2 Å². The molecule has 6 rings (SSSR count). The fourth-order valence-corrected chi connectivity index (χ4v) is 3.52. The minimum Gasteiger partial charge on any atom is -0.255 e. The molecule has 17 heteroatoms. The van der Waals surface area contributed by atoms with Gasteiger partial charge in [-0.2, -0.15) is 0 Å². The van der Waals surface area contributed by atoms with E-state index in [0.717, 1.165) is 45.4 Å². The SMILES string of the molecule is C=Cc1cc(C)nc(-c2ccccn2)c1.[O-][Cl+3]([O-])([O-])[O-].[O-][Cl+3]([O-])([O-])[O-].[Ru+2].c1ccc(-c2ccccn2)nc1.c1ccc(-c2ccccn2)nc1. The van der Waals surface area contributed by atoms with Gasteiger partial charge in [-0.05, 0) is 85.3 Å². The van der Waals surface area contributed by atoms with E-state index < -0.39 is 20.5 Å². The van der Waals surface area contributed by atoms with E-state index in [9.17, 15) is 0 Å². The Bertz CT molecular complexity index is 1600. The van der Waals surface area contributed by atoms with Crippen molar-refractivity contribution in [2.75, 3.05) is 0 Å². The van der Waals surface area contributed by atoms with Gasteiger partial charge in [0.2, 0.25) is 0 Å². The molecule has 6 heterocycles. The molecule has 260 valence electrons. The Morgan fingerprint density at radius 1 is 0.460 bits per heavy atom. The van der Waals surface area contributed by atoms with Crippen LogP contribution in [0.2, 0.25) is 0 Å². The van der Waals surface area contributed by atoms with Crippen LogP contribution in [0.15, 0.2) is 141 Å². The molecule has 0 saturated carbocycles. The molecular formula is C33H28Cl2N6O8Ru. The zero-order chi connectivity index (χ0) is 36.1. The fourth-order valence-electron chi connectivity index (χ4n) is 3.52. The second-order valence-corrected chi connectivity index (χ2v) is 10.5. The molecule has 6 aromatic heterocycles. The van der Waals surface area contributed by atoms with Gasteiger partial charge in [-0.3, -0.25) is 29.9 Å². The van der Waals surface area contributed by atoms with Crippen molar-refractivity contribution < 1.29 is 77.2 Å². The Morgan fingerprint density at radius 3 is 0.940 bits per heavy atom. The van der Waals surface area contributed by atoms with E-state index in [1.807, 2.05) is 116 Å². The molecule has 0 fully saturated rings. The first kappa shape index (κ1) is 43.5. The third-order valence-corrected chi connectivity index (χ3v) is 5.32. The zero-order valence-corrected chi connectivity index (χ0v) is 29.3. The van der Waals surface area contributed by atoms with E-state index in [2.05, 4.69) is 36.5 Å². The topological polar surface area (TPSA) is 262 Å². The van der Waals surface area contributed by atoms with Gasteiger partial charge in [0.1, 0.15) is 0 Å². The molecule has 0 aromatic carbocycles. The number of rotatable bonds is 4. The molecule has 0 aliphatic heterocycles. The summed E-state index contributed by atoms with van der Waals surface area (Å²) in [7, 11) is -9.89. The maximum atomic E-state index is 8.49. The average molecular weight is 809 g/mol. The van der Waals surface area contributed by atoms with E-state index in [1.165, 1.54) is 0 Å². The third-order valence-electron chi connectivity index (χ3n) is 5.32. The van der Waals surface area contributed by atoms with Gasteiger partial charge in [0.05, 0.1) is 34.2 Å². The summed E-state index contributed by atoms with van der Waals surface area (Å²) in [5.74, 6) is 0. The van der Waals surface area contributed by atoms with Crippen molar-refractivity contribution in [3.8, 4) is 34.2 Å². The average Bonchev–Trinajstić information content (AvgIpc) is 3.09. The molecule has 50 heavy (non-hydrogen) atoms. The summed E-state index contributed by atoms with van der Waals surface area (Å²) in [6, 6.07) is 33.0. The Balaban J connectivity index is 0.000000330. The van der Waals surface area contributed by atoms with Crippen LogP contribution < -0.4 is 37.3 Å². The first-order chi connectivity index (χ1) is 23.2. The Kier molecular flexibility index (Phi) is 20.1. The van der Waals surface area contributed by atoms with Crippen LogP contribution in [0.1, 0.15) is 11.3 Å². The summed E-state index contributed by atoms with van der Waals surface area (Å²) in [6.07, 6.45) is 10.7. The van der Waals surface area contributed by atoms with Crippen molar-refractivity contribution in [2.24, 2.45) is 0 Å². The fraction of sp³-hybridized carbons (Fsp3) is 0.0303. The van der Waals surface area contributed by atoms with Crippen molar-refractivity contribution in [3.05, 3.63) is 152 Å². The standard InChI is InChI=1S/C13H12N2.2C10H8N2.2ClHO4.Ru/c1-3-11-8-10(2)15-13(9-11)12-6-4-5-7-14-12;2*1-3-7-11-9(5-1)10-6-2-4-8-12-10;2*2-1(3,4)5;/h3-9H,1H2,2H3;2*1-8H;2*(H,2,3,4,5);/q;;;;;+2/p-2. The van der Waals surface area contributed by atoms with Crippen molar-refractivity contribution in [2.45, 2.75) is 6.92 Å². The smallest absolute Gasteiger partial charge is 0.255 e.